The van der Waals surface area contributed by atoms with Crippen LogP contribution in [0.3, 0.4) is 0 Å². The number of piperazine rings is 1. The molecular formula is C24H29ClN4O5S. The van der Waals surface area contributed by atoms with Gasteiger partial charge in [-0.15, -0.1) is 0 Å². The van der Waals surface area contributed by atoms with Gasteiger partial charge >= 0.3 is 0 Å². The lowest BCUT2D eigenvalue weighted by atomic mass is 10.1. The van der Waals surface area contributed by atoms with Gasteiger partial charge in [0.2, 0.25) is 11.7 Å². The molecular weight excluding hydrogens is 492 g/mol. The molecule has 188 valence electrons. The lowest BCUT2D eigenvalue weighted by Gasteiger charge is -2.37. The van der Waals surface area contributed by atoms with Crippen molar-refractivity contribution in [3.63, 3.8) is 0 Å². The highest BCUT2D eigenvalue weighted by atomic mass is 35.5. The standard InChI is InChI=1S/C24H29ClN4O5S/c1-5-21(30)29-10-8-28(9-11-29)18-7-6-16(25)14-17(18)26-24(35)27-23(31)15-12-19(32-2)22(34-4)20(13-15)33-3/h6-7,12-14H,5,8-11H2,1-4H3,(H2,26,27,31,35). The largest absolute Gasteiger partial charge is 0.493 e. The van der Waals surface area contributed by atoms with E-state index in [0.717, 1.165) is 5.69 Å². The monoisotopic (exact) mass is 520 g/mol. The van der Waals surface area contributed by atoms with Crippen molar-refractivity contribution in [1.82, 2.24) is 10.2 Å². The van der Waals surface area contributed by atoms with Gasteiger partial charge in [0.1, 0.15) is 0 Å². The summed E-state index contributed by atoms with van der Waals surface area (Å²) >= 11 is 11.6. The Balaban J connectivity index is 1.73. The van der Waals surface area contributed by atoms with Crippen molar-refractivity contribution in [1.29, 1.82) is 0 Å². The molecule has 11 heteroatoms. The second-order valence-corrected chi connectivity index (χ2v) is 8.55. The topological polar surface area (TPSA) is 92.4 Å². The Bertz CT molecular complexity index is 1080. The predicted octanol–water partition coefficient (Wildman–Crippen LogP) is 3.55. The molecule has 1 saturated heterocycles. The van der Waals surface area contributed by atoms with Crippen LogP contribution < -0.4 is 29.7 Å². The fourth-order valence-corrected chi connectivity index (χ4v) is 4.22. The van der Waals surface area contributed by atoms with Crippen molar-refractivity contribution in [2.45, 2.75) is 13.3 Å². The van der Waals surface area contributed by atoms with Crippen molar-refractivity contribution in [2.24, 2.45) is 0 Å². The second-order valence-electron chi connectivity index (χ2n) is 7.71. The summed E-state index contributed by atoms with van der Waals surface area (Å²) in [5.74, 6) is 0.797. The molecule has 0 bridgehead atoms. The third-order valence-corrected chi connectivity index (χ3v) is 6.08. The average Bonchev–Trinajstić information content (AvgIpc) is 2.87. The summed E-state index contributed by atoms with van der Waals surface area (Å²) in [5.41, 5.74) is 1.82. The molecule has 9 nitrogen and oxygen atoms in total. The van der Waals surface area contributed by atoms with Gasteiger partial charge in [-0.25, -0.2) is 0 Å². The number of nitrogens with one attached hydrogen (secondary N) is 2. The molecule has 0 aliphatic carbocycles. The van der Waals surface area contributed by atoms with E-state index in [2.05, 4.69) is 15.5 Å². The maximum atomic E-state index is 12.9. The minimum Gasteiger partial charge on any atom is -0.493 e. The summed E-state index contributed by atoms with van der Waals surface area (Å²) < 4.78 is 15.9. The summed E-state index contributed by atoms with van der Waals surface area (Å²) in [7, 11) is 4.44. The molecule has 35 heavy (non-hydrogen) atoms. The molecule has 0 unspecified atom stereocenters. The Morgan fingerprint density at radius 1 is 1.00 bits per heavy atom. The number of ether oxygens (including phenoxy) is 3. The van der Waals surface area contributed by atoms with Crippen LogP contribution in [0.5, 0.6) is 17.2 Å². The molecule has 2 aromatic carbocycles. The van der Waals surface area contributed by atoms with Crippen molar-refractivity contribution in [2.75, 3.05) is 57.7 Å². The Morgan fingerprint density at radius 2 is 1.63 bits per heavy atom. The molecule has 2 amide bonds. The number of hydrogen-bond donors (Lipinski definition) is 2. The van der Waals surface area contributed by atoms with Gasteiger partial charge in [-0.2, -0.15) is 0 Å². The molecule has 1 aliphatic rings. The van der Waals surface area contributed by atoms with Crippen LogP contribution in [0.25, 0.3) is 0 Å². The van der Waals surface area contributed by atoms with Gasteiger partial charge in [-0.1, -0.05) is 18.5 Å². The van der Waals surface area contributed by atoms with Gasteiger partial charge in [-0.3, -0.25) is 14.9 Å². The lowest BCUT2D eigenvalue weighted by Crippen LogP contribution is -2.48. The van der Waals surface area contributed by atoms with Crippen molar-refractivity contribution in [3.8, 4) is 17.2 Å². The number of anilines is 2. The fourth-order valence-electron chi connectivity index (χ4n) is 3.85. The van der Waals surface area contributed by atoms with Gasteiger partial charge in [-0.05, 0) is 42.5 Å². The highest BCUT2D eigenvalue weighted by Crippen LogP contribution is 2.38. The van der Waals surface area contributed by atoms with Crippen LogP contribution in [0, 0.1) is 0 Å². The highest BCUT2D eigenvalue weighted by molar-refractivity contribution is 7.80. The van der Waals surface area contributed by atoms with Crippen LogP contribution in [-0.2, 0) is 4.79 Å². The van der Waals surface area contributed by atoms with Gasteiger partial charge in [0, 0.05) is 43.2 Å². The maximum absolute atomic E-state index is 12.9. The Kier molecular flexibility index (Phi) is 9.00. The molecule has 3 rings (SSSR count). The number of carbonyl (C=O) groups excluding carboxylic acids is 2. The molecule has 2 N–H and O–H groups in total. The first kappa shape index (κ1) is 26.4. The van der Waals surface area contributed by atoms with Crippen molar-refractivity contribution < 1.29 is 23.8 Å². The Labute approximate surface area is 215 Å². The van der Waals surface area contributed by atoms with E-state index in [4.69, 9.17) is 38.0 Å². The lowest BCUT2D eigenvalue weighted by molar-refractivity contribution is -0.131. The van der Waals surface area contributed by atoms with E-state index in [9.17, 15) is 9.59 Å². The first-order valence-electron chi connectivity index (χ1n) is 11.1. The van der Waals surface area contributed by atoms with Crippen LogP contribution >= 0.6 is 23.8 Å². The highest BCUT2D eigenvalue weighted by Gasteiger charge is 2.23. The van der Waals surface area contributed by atoms with Gasteiger partial charge < -0.3 is 29.3 Å². The quantitative estimate of drug-likeness (QED) is 0.535. The normalized spacial score (nSPS) is 13.2. The number of amides is 2. The van der Waals surface area contributed by atoms with E-state index in [-0.39, 0.29) is 16.6 Å². The number of halogens is 1. The van der Waals surface area contributed by atoms with Crippen LogP contribution in [-0.4, -0.2) is 69.3 Å². The number of methoxy groups -OCH3 is 3. The van der Waals surface area contributed by atoms with Crippen LogP contribution in [0.2, 0.25) is 5.02 Å². The number of rotatable bonds is 7. The molecule has 2 aromatic rings. The number of carbonyl (C=O) groups is 2. The SMILES string of the molecule is CCC(=O)N1CCN(c2ccc(Cl)cc2NC(=S)NC(=O)c2cc(OC)c(OC)c(OC)c2)CC1. The molecule has 1 heterocycles. The molecule has 0 spiro atoms. The zero-order chi connectivity index (χ0) is 25.5. The van der Waals surface area contributed by atoms with Crippen molar-refractivity contribution in [3.05, 3.63) is 40.9 Å². The van der Waals surface area contributed by atoms with Gasteiger partial charge in [0.25, 0.3) is 5.91 Å². The summed E-state index contributed by atoms with van der Waals surface area (Å²) in [4.78, 5) is 28.9. The van der Waals surface area contributed by atoms with Crippen molar-refractivity contribution >= 4 is 52.1 Å². The predicted molar refractivity (Wildman–Crippen MR) is 140 cm³/mol. The number of benzene rings is 2. The summed E-state index contributed by atoms with van der Waals surface area (Å²) in [6, 6.07) is 8.52. The minimum atomic E-state index is -0.447. The zero-order valence-electron chi connectivity index (χ0n) is 20.1. The van der Waals surface area contributed by atoms with Crippen LogP contribution in [0.1, 0.15) is 23.7 Å². The average molecular weight is 521 g/mol. The molecule has 0 aromatic heterocycles. The fraction of sp³-hybridized carbons (Fsp3) is 0.375. The minimum absolute atomic E-state index is 0.104. The zero-order valence-corrected chi connectivity index (χ0v) is 21.7. The van der Waals surface area contributed by atoms with E-state index < -0.39 is 5.91 Å². The third-order valence-electron chi connectivity index (χ3n) is 5.64. The van der Waals surface area contributed by atoms with E-state index in [1.807, 2.05) is 17.9 Å². The van der Waals surface area contributed by atoms with E-state index >= 15 is 0 Å². The summed E-state index contributed by atoms with van der Waals surface area (Å²) in [6.07, 6.45) is 0.494. The molecule has 1 fully saturated rings. The Hall–Kier alpha value is -3.24. The number of thiocarbonyl (C=S) groups is 1. The Morgan fingerprint density at radius 3 is 2.17 bits per heavy atom. The van der Waals surface area contributed by atoms with Crippen LogP contribution in [0.15, 0.2) is 30.3 Å². The molecule has 0 atom stereocenters. The maximum Gasteiger partial charge on any atom is 0.257 e. The second kappa shape index (κ2) is 11.9. The molecule has 0 radical (unpaired) electrons. The molecule has 0 saturated carbocycles. The van der Waals surface area contributed by atoms with E-state index in [1.165, 1.54) is 21.3 Å². The number of hydrogen-bond acceptors (Lipinski definition) is 7. The third kappa shape index (κ3) is 6.26. The molecule has 1 aliphatic heterocycles. The van der Waals surface area contributed by atoms with Gasteiger partial charge in [0.05, 0.1) is 32.7 Å². The van der Waals surface area contributed by atoms with Gasteiger partial charge in [0.15, 0.2) is 16.6 Å². The van der Waals surface area contributed by atoms with E-state index in [1.54, 1.807) is 24.3 Å². The van der Waals surface area contributed by atoms with Crippen LogP contribution in [0.4, 0.5) is 11.4 Å². The number of nitrogens with zero attached hydrogens (tertiary/aromatic N) is 2. The van der Waals surface area contributed by atoms with E-state index in [0.29, 0.717) is 60.6 Å². The first-order chi connectivity index (χ1) is 16.8. The first-order valence-corrected chi connectivity index (χ1v) is 11.8. The summed E-state index contributed by atoms with van der Waals surface area (Å²) in [6.45, 7) is 4.48. The smallest absolute Gasteiger partial charge is 0.257 e. The summed E-state index contributed by atoms with van der Waals surface area (Å²) in [5, 5.41) is 6.39.